The Morgan fingerprint density at radius 3 is 2.00 bits per heavy atom. The Balaban J connectivity index is 2.10. The Hall–Kier alpha value is -2.67. The predicted molar refractivity (Wildman–Crippen MR) is 120 cm³/mol. The standard InChI is InChI=1S/C23H20ClFN2O2S/c1-2-7-17-22(24)20(14-21(23(17)25)30(26,28)29)27-18-10-5-3-8-15(18)12-13-16-9-4-6-11-19(16)27/h3-6,8-14H,2,7H2,1H3,(H2,26,28,29). The Kier molecular flexibility index (Phi) is 5.40. The first kappa shape index (κ1) is 20.6. The van der Waals surface area contributed by atoms with Crippen LogP contribution >= 0.6 is 11.6 Å². The molecule has 4 nitrogen and oxygen atoms in total. The number of hydrogen-bond acceptors (Lipinski definition) is 3. The summed E-state index contributed by atoms with van der Waals surface area (Å²) in [5.74, 6) is -0.886. The normalized spacial score (nSPS) is 13.0. The summed E-state index contributed by atoms with van der Waals surface area (Å²) < 4.78 is 39.4. The zero-order valence-corrected chi connectivity index (χ0v) is 17.8. The molecule has 0 atom stereocenters. The number of anilines is 3. The predicted octanol–water partition coefficient (Wildman–Crippen LogP) is 6.03. The van der Waals surface area contributed by atoms with E-state index in [1.807, 2.05) is 72.5 Å². The van der Waals surface area contributed by atoms with Gasteiger partial charge in [-0.25, -0.2) is 17.9 Å². The summed E-state index contributed by atoms with van der Waals surface area (Å²) in [6, 6.07) is 16.6. The molecule has 3 aromatic carbocycles. The molecular weight excluding hydrogens is 423 g/mol. The quantitative estimate of drug-likeness (QED) is 0.419. The summed E-state index contributed by atoms with van der Waals surface area (Å²) in [6.07, 6.45) is 4.85. The minimum atomic E-state index is -4.29. The van der Waals surface area contributed by atoms with Crippen molar-refractivity contribution in [3.63, 3.8) is 0 Å². The number of benzene rings is 3. The highest BCUT2D eigenvalue weighted by Crippen LogP contribution is 2.46. The molecule has 30 heavy (non-hydrogen) atoms. The molecule has 2 N–H and O–H groups in total. The van der Waals surface area contributed by atoms with Crippen LogP contribution in [-0.2, 0) is 16.4 Å². The van der Waals surface area contributed by atoms with Gasteiger partial charge in [0.25, 0.3) is 0 Å². The molecule has 3 aromatic rings. The van der Waals surface area contributed by atoms with Crippen molar-refractivity contribution in [2.45, 2.75) is 24.7 Å². The van der Waals surface area contributed by atoms with Crippen molar-refractivity contribution in [3.8, 4) is 0 Å². The van der Waals surface area contributed by atoms with Crippen LogP contribution in [0.5, 0.6) is 0 Å². The fourth-order valence-electron chi connectivity index (χ4n) is 3.72. The smallest absolute Gasteiger partial charge is 0.241 e. The molecule has 1 heterocycles. The first-order valence-corrected chi connectivity index (χ1v) is 11.4. The first-order chi connectivity index (χ1) is 14.3. The van der Waals surface area contributed by atoms with Crippen LogP contribution in [0.1, 0.15) is 30.0 Å². The Bertz CT molecular complexity index is 1220. The van der Waals surface area contributed by atoms with E-state index in [2.05, 4.69) is 0 Å². The van der Waals surface area contributed by atoms with Crippen LogP contribution in [0.4, 0.5) is 21.5 Å². The molecule has 4 rings (SSSR count). The fourth-order valence-corrected chi connectivity index (χ4v) is 4.69. The summed E-state index contributed by atoms with van der Waals surface area (Å²) in [5.41, 5.74) is 3.96. The molecule has 0 spiro atoms. The molecule has 0 fully saturated rings. The van der Waals surface area contributed by atoms with Crippen LogP contribution in [-0.4, -0.2) is 8.42 Å². The maximum Gasteiger partial charge on any atom is 0.241 e. The average Bonchev–Trinajstić information content (AvgIpc) is 2.88. The second-order valence-electron chi connectivity index (χ2n) is 7.08. The van der Waals surface area contributed by atoms with Crippen molar-refractivity contribution in [1.82, 2.24) is 0 Å². The van der Waals surface area contributed by atoms with E-state index in [-0.39, 0.29) is 17.0 Å². The van der Waals surface area contributed by atoms with Gasteiger partial charge in [-0.2, -0.15) is 0 Å². The molecule has 0 radical (unpaired) electrons. The van der Waals surface area contributed by atoms with Crippen LogP contribution in [0, 0.1) is 5.82 Å². The highest BCUT2D eigenvalue weighted by Gasteiger charge is 2.28. The van der Waals surface area contributed by atoms with Crippen LogP contribution in [0.15, 0.2) is 59.5 Å². The summed E-state index contributed by atoms with van der Waals surface area (Å²) in [5, 5.41) is 5.52. The number of fused-ring (bicyclic) bond motifs is 2. The lowest BCUT2D eigenvalue weighted by molar-refractivity contribution is 0.557. The second-order valence-corrected chi connectivity index (χ2v) is 8.99. The van der Waals surface area contributed by atoms with Gasteiger partial charge in [0.05, 0.1) is 22.1 Å². The number of primary sulfonamides is 1. The van der Waals surface area contributed by atoms with E-state index in [1.54, 1.807) is 0 Å². The topological polar surface area (TPSA) is 63.4 Å². The lowest BCUT2D eigenvalue weighted by Crippen LogP contribution is -2.19. The van der Waals surface area contributed by atoms with Gasteiger partial charge in [-0.1, -0.05) is 73.5 Å². The maximum atomic E-state index is 15.1. The molecule has 0 bridgehead atoms. The van der Waals surface area contributed by atoms with Gasteiger partial charge in [-0.15, -0.1) is 0 Å². The molecule has 7 heteroatoms. The Morgan fingerprint density at radius 2 is 1.50 bits per heavy atom. The average molecular weight is 443 g/mol. The molecule has 154 valence electrons. The molecule has 0 aromatic heterocycles. The van der Waals surface area contributed by atoms with Crippen molar-refractivity contribution in [2.75, 3.05) is 4.90 Å². The SMILES string of the molecule is CCCc1c(F)c(S(N)(=O)=O)cc(N2c3ccccc3C=Cc3ccccc32)c1Cl. The van der Waals surface area contributed by atoms with Crippen LogP contribution in [0.2, 0.25) is 5.02 Å². The van der Waals surface area contributed by atoms with Gasteiger partial charge in [-0.05, 0) is 35.7 Å². The lowest BCUT2D eigenvalue weighted by Gasteiger charge is -2.29. The largest absolute Gasteiger partial charge is 0.308 e. The van der Waals surface area contributed by atoms with E-state index in [0.717, 1.165) is 22.5 Å². The lowest BCUT2D eigenvalue weighted by atomic mass is 10.1. The molecule has 0 amide bonds. The first-order valence-electron chi connectivity index (χ1n) is 9.53. The van der Waals surface area contributed by atoms with Gasteiger partial charge in [0, 0.05) is 5.56 Å². The maximum absolute atomic E-state index is 15.1. The monoisotopic (exact) mass is 442 g/mol. The number of nitrogens with two attached hydrogens (primary N) is 1. The number of nitrogens with zero attached hydrogens (tertiary/aromatic N) is 1. The van der Waals surface area contributed by atoms with Crippen LogP contribution in [0.3, 0.4) is 0 Å². The number of rotatable bonds is 4. The summed E-state index contributed by atoms with van der Waals surface area (Å²) in [4.78, 5) is 1.30. The zero-order chi connectivity index (χ0) is 21.5. The van der Waals surface area contributed by atoms with Gasteiger partial charge >= 0.3 is 0 Å². The molecule has 0 aliphatic carbocycles. The van der Waals surface area contributed by atoms with Gasteiger partial charge in [-0.3, -0.25) is 0 Å². The van der Waals surface area contributed by atoms with Crippen LogP contribution < -0.4 is 10.0 Å². The van der Waals surface area contributed by atoms with Gasteiger partial charge < -0.3 is 4.90 Å². The van der Waals surface area contributed by atoms with E-state index in [9.17, 15) is 8.42 Å². The van der Waals surface area contributed by atoms with Crippen molar-refractivity contribution in [3.05, 3.63) is 82.1 Å². The number of para-hydroxylation sites is 2. The molecule has 0 saturated heterocycles. The van der Waals surface area contributed by atoms with E-state index in [4.69, 9.17) is 16.7 Å². The third kappa shape index (κ3) is 3.51. The molecule has 0 saturated carbocycles. The van der Waals surface area contributed by atoms with Gasteiger partial charge in [0.15, 0.2) is 0 Å². The second kappa shape index (κ2) is 7.87. The minimum Gasteiger partial charge on any atom is -0.308 e. The zero-order valence-electron chi connectivity index (χ0n) is 16.3. The summed E-state index contributed by atoms with van der Waals surface area (Å²) >= 11 is 6.70. The minimum absolute atomic E-state index is 0.146. The Labute approximate surface area is 180 Å². The fraction of sp³-hybridized carbons (Fsp3) is 0.130. The van der Waals surface area contributed by atoms with E-state index >= 15 is 4.39 Å². The van der Waals surface area contributed by atoms with E-state index in [0.29, 0.717) is 12.1 Å². The van der Waals surface area contributed by atoms with Crippen molar-refractivity contribution >= 4 is 50.8 Å². The van der Waals surface area contributed by atoms with Gasteiger partial charge in [0.1, 0.15) is 10.7 Å². The number of sulfonamides is 1. The molecule has 0 unspecified atom stereocenters. The summed E-state index contributed by atoms with van der Waals surface area (Å²) in [7, 11) is -4.29. The summed E-state index contributed by atoms with van der Waals surface area (Å²) in [6.45, 7) is 1.87. The molecular formula is C23H20ClFN2O2S. The highest BCUT2D eigenvalue weighted by molar-refractivity contribution is 7.89. The van der Waals surface area contributed by atoms with Gasteiger partial charge in [0.2, 0.25) is 10.0 Å². The van der Waals surface area contributed by atoms with Crippen molar-refractivity contribution in [2.24, 2.45) is 5.14 Å². The third-order valence-corrected chi connectivity index (χ3v) is 6.42. The van der Waals surface area contributed by atoms with Crippen LogP contribution in [0.25, 0.3) is 12.2 Å². The molecule has 1 aliphatic rings. The van der Waals surface area contributed by atoms with E-state index in [1.165, 1.54) is 6.07 Å². The van der Waals surface area contributed by atoms with Crippen molar-refractivity contribution in [1.29, 1.82) is 0 Å². The van der Waals surface area contributed by atoms with E-state index < -0.39 is 20.7 Å². The number of hydrogen-bond donors (Lipinski definition) is 1. The third-order valence-electron chi connectivity index (χ3n) is 5.08. The Morgan fingerprint density at radius 1 is 0.967 bits per heavy atom. The molecule has 1 aliphatic heterocycles. The number of halogens is 2. The highest BCUT2D eigenvalue weighted by atomic mass is 35.5. The van der Waals surface area contributed by atoms with Crippen molar-refractivity contribution < 1.29 is 12.8 Å².